The van der Waals surface area contributed by atoms with Gasteiger partial charge in [-0.15, -0.1) is 0 Å². The number of rotatable bonds is 8. The van der Waals surface area contributed by atoms with Crippen LogP contribution >= 0.6 is 95.6 Å². The highest BCUT2D eigenvalue weighted by Crippen LogP contribution is 2.45. The maximum Gasteiger partial charge on any atom is 0.278 e. The minimum Gasteiger partial charge on any atom is -0.435 e. The molecule has 9 heteroatoms. The topological polar surface area (TPSA) is 9.23 Å². The van der Waals surface area contributed by atoms with Gasteiger partial charge in [-0.3, -0.25) is 0 Å². The van der Waals surface area contributed by atoms with Crippen LogP contribution in [0.5, 0.6) is 0 Å². The molecule has 0 fully saturated rings. The van der Waals surface area contributed by atoms with Crippen molar-refractivity contribution in [2.45, 2.75) is 4.29 Å². The van der Waals surface area contributed by atoms with Gasteiger partial charge in [0.1, 0.15) is 0 Å². The number of alkyl halides is 6. The lowest BCUT2D eigenvalue weighted by Crippen LogP contribution is -2.81. The molecule has 0 aliphatic rings. The molecular formula is C38H28Br6OSi2. The van der Waals surface area contributed by atoms with E-state index in [9.17, 15) is 0 Å². The largest absolute Gasteiger partial charge is 0.435 e. The summed E-state index contributed by atoms with van der Waals surface area (Å²) < 4.78 is 7.33. The Morgan fingerprint density at radius 2 is 0.511 bits per heavy atom. The Hall–Kier alpha value is -1.41. The molecule has 0 spiro atoms. The van der Waals surface area contributed by atoms with E-state index < -0.39 is 20.9 Å². The molecule has 47 heavy (non-hydrogen) atoms. The van der Waals surface area contributed by atoms with E-state index in [4.69, 9.17) is 4.12 Å². The molecule has 0 heterocycles. The van der Waals surface area contributed by atoms with Crippen LogP contribution in [0.25, 0.3) is 0 Å². The second-order valence-electron chi connectivity index (χ2n) is 11.1. The Balaban J connectivity index is 1.75. The molecule has 6 rings (SSSR count). The molecule has 0 saturated carbocycles. The molecule has 0 N–H and O–H groups in total. The third-order valence-corrected chi connectivity index (χ3v) is 20.3. The lowest BCUT2D eigenvalue weighted by atomic mass is 10.2. The van der Waals surface area contributed by atoms with Crippen molar-refractivity contribution >= 4 is 143 Å². The molecule has 6 aromatic carbocycles. The molecular weight excluding hydrogens is 1010 g/mol. The van der Waals surface area contributed by atoms with E-state index in [1.54, 1.807) is 0 Å². The highest BCUT2D eigenvalue weighted by molar-refractivity contribution is 9.39. The van der Waals surface area contributed by atoms with Crippen LogP contribution in [0.1, 0.15) is 11.1 Å². The SMILES string of the molecule is BrC(Br)(Br)c1ccc([Si](O[Si](c2ccccc2)(c2ccccc2)c2ccccc2)(c2ccccc2)c2ccc(C(Br)(Br)Br)cc2)cc1. The van der Waals surface area contributed by atoms with E-state index in [2.05, 4.69) is 265 Å². The first kappa shape index (κ1) is 35.4. The summed E-state index contributed by atoms with van der Waals surface area (Å²) in [4.78, 5) is 0. The van der Waals surface area contributed by atoms with Crippen LogP contribution < -0.4 is 31.1 Å². The second-order valence-corrected chi connectivity index (χ2v) is 31.6. The van der Waals surface area contributed by atoms with Crippen molar-refractivity contribution in [1.29, 1.82) is 0 Å². The first-order chi connectivity index (χ1) is 22.5. The number of halogens is 6. The minimum atomic E-state index is -3.30. The molecule has 0 bridgehead atoms. The second kappa shape index (κ2) is 14.8. The summed E-state index contributed by atoms with van der Waals surface area (Å²) in [5, 5.41) is 7.06. The minimum absolute atomic E-state index is 0.535. The van der Waals surface area contributed by atoms with Gasteiger partial charge in [0, 0.05) is 0 Å². The third kappa shape index (κ3) is 7.40. The van der Waals surface area contributed by atoms with E-state index in [0.29, 0.717) is 0 Å². The summed E-state index contributed by atoms with van der Waals surface area (Å²) in [6.07, 6.45) is 0. The van der Waals surface area contributed by atoms with Crippen molar-refractivity contribution < 1.29 is 4.12 Å². The zero-order chi connectivity index (χ0) is 33.1. The smallest absolute Gasteiger partial charge is 0.278 e. The summed E-state index contributed by atoms with van der Waals surface area (Å²) in [7, 11) is -6.50. The highest BCUT2D eigenvalue weighted by Gasteiger charge is 2.53. The lowest BCUT2D eigenvalue weighted by Gasteiger charge is -2.44. The monoisotopic (exact) mass is 1030 g/mol. The molecule has 0 radical (unpaired) electrons. The first-order valence-electron chi connectivity index (χ1n) is 14.8. The fourth-order valence-corrected chi connectivity index (χ4v) is 18.2. The Labute approximate surface area is 329 Å². The molecule has 0 unspecified atom stereocenters. The van der Waals surface area contributed by atoms with Crippen molar-refractivity contribution in [3.8, 4) is 0 Å². The maximum absolute atomic E-state index is 8.40. The highest BCUT2D eigenvalue weighted by atomic mass is 80.0. The Kier molecular flexibility index (Phi) is 11.2. The molecule has 6 aromatic rings. The van der Waals surface area contributed by atoms with Gasteiger partial charge in [-0.1, -0.05) is 265 Å². The summed E-state index contributed by atoms with van der Waals surface area (Å²) >= 11 is 22.4. The molecule has 236 valence electrons. The molecule has 1 nitrogen and oxygen atoms in total. The predicted molar refractivity (Wildman–Crippen MR) is 226 cm³/mol. The molecule has 0 saturated heterocycles. The van der Waals surface area contributed by atoms with E-state index >= 15 is 0 Å². The van der Waals surface area contributed by atoms with E-state index in [0.717, 1.165) is 21.5 Å². The average Bonchev–Trinajstić information content (AvgIpc) is 3.10. The maximum atomic E-state index is 8.40. The molecule has 0 aromatic heterocycles. The molecule has 0 atom stereocenters. The Bertz CT molecular complexity index is 1740. The van der Waals surface area contributed by atoms with Gasteiger partial charge in [-0.2, -0.15) is 0 Å². The van der Waals surface area contributed by atoms with Gasteiger partial charge in [0.05, 0.1) is 0 Å². The van der Waals surface area contributed by atoms with Gasteiger partial charge < -0.3 is 4.12 Å². The summed E-state index contributed by atoms with van der Waals surface area (Å²) in [6.45, 7) is 0. The van der Waals surface area contributed by atoms with Crippen LogP contribution in [0.2, 0.25) is 0 Å². The van der Waals surface area contributed by atoms with Gasteiger partial charge in [0.15, 0.2) is 4.29 Å². The van der Waals surface area contributed by atoms with Crippen LogP contribution in [0.3, 0.4) is 0 Å². The Morgan fingerprint density at radius 1 is 0.298 bits per heavy atom. The van der Waals surface area contributed by atoms with Gasteiger partial charge in [-0.25, -0.2) is 0 Å². The summed E-state index contributed by atoms with van der Waals surface area (Å²) in [6, 6.07) is 60.9. The third-order valence-electron chi connectivity index (χ3n) is 8.26. The van der Waals surface area contributed by atoms with Crippen LogP contribution in [0, 0.1) is 0 Å². The molecule has 0 amide bonds. The number of hydrogen-bond donors (Lipinski definition) is 0. The first-order valence-corrected chi connectivity index (χ1v) is 23.4. The predicted octanol–water partition coefficient (Wildman–Crippen LogP) is 8.93. The van der Waals surface area contributed by atoms with Crippen molar-refractivity contribution in [2.24, 2.45) is 0 Å². The number of benzene rings is 6. The van der Waals surface area contributed by atoms with Crippen LogP contribution in [0.4, 0.5) is 0 Å². The van der Waals surface area contributed by atoms with Crippen molar-refractivity contribution in [3.63, 3.8) is 0 Å². The zero-order valence-electron chi connectivity index (χ0n) is 24.8. The van der Waals surface area contributed by atoms with Crippen LogP contribution in [-0.2, 0) is 8.40 Å². The zero-order valence-corrected chi connectivity index (χ0v) is 36.4. The molecule has 0 aliphatic carbocycles. The van der Waals surface area contributed by atoms with E-state index in [-0.39, 0.29) is 0 Å². The molecule has 0 aliphatic heterocycles. The lowest BCUT2D eigenvalue weighted by molar-refractivity contribution is 0.600. The van der Waals surface area contributed by atoms with Crippen LogP contribution in [0.15, 0.2) is 170 Å². The summed E-state index contributed by atoms with van der Waals surface area (Å²) in [5.74, 6) is 0. The van der Waals surface area contributed by atoms with Gasteiger partial charge >= 0.3 is 0 Å². The van der Waals surface area contributed by atoms with Crippen molar-refractivity contribution in [2.75, 3.05) is 0 Å². The average molecular weight is 1040 g/mol. The van der Waals surface area contributed by atoms with Gasteiger partial charge in [-0.05, 0) is 42.2 Å². The Morgan fingerprint density at radius 3 is 0.723 bits per heavy atom. The normalized spacial score (nSPS) is 12.6. The fraction of sp³-hybridized carbons (Fsp3) is 0.0526. The summed E-state index contributed by atoms with van der Waals surface area (Å²) in [5.41, 5.74) is 2.10. The van der Waals surface area contributed by atoms with Gasteiger partial charge in [0.25, 0.3) is 16.6 Å². The van der Waals surface area contributed by atoms with Crippen molar-refractivity contribution in [1.82, 2.24) is 0 Å². The standard InChI is InChI=1S/C38H28Br6OSi2/c39-37(40,41)29-21-25-35(26-22-29)47(34-19-11-4-12-20-34,36-27-23-30(24-28-36)38(42,43)44)45-46(31-13-5-1-6-14-31,32-15-7-2-8-16-32)33-17-9-3-10-18-33/h1-28H. The van der Waals surface area contributed by atoms with E-state index in [1.807, 2.05) is 0 Å². The van der Waals surface area contributed by atoms with Crippen LogP contribution in [-0.4, -0.2) is 16.6 Å². The van der Waals surface area contributed by atoms with Crippen molar-refractivity contribution in [3.05, 3.63) is 181 Å². The van der Waals surface area contributed by atoms with Gasteiger partial charge in [0.2, 0.25) is 0 Å². The van der Waals surface area contributed by atoms with E-state index in [1.165, 1.54) is 20.7 Å². The quantitative estimate of drug-likeness (QED) is 0.0842. The fourth-order valence-electron chi connectivity index (χ4n) is 6.06. The number of hydrogen-bond acceptors (Lipinski definition) is 1.